The van der Waals surface area contributed by atoms with Crippen molar-refractivity contribution in [3.05, 3.63) is 29.3 Å². The summed E-state index contributed by atoms with van der Waals surface area (Å²) in [6.07, 6.45) is 4.55. The van der Waals surface area contributed by atoms with E-state index < -0.39 is 0 Å². The Bertz CT molecular complexity index is 538. The number of hydrogen-bond donors (Lipinski definition) is 1. The minimum atomic E-state index is 0.0217. The summed E-state index contributed by atoms with van der Waals surface area (Å²) in [5.74, 6) is 0. The third-order valence-corrected chi connectivity index (χ3v) is 5.47. The second-order valence-corrected chi connectivity index (χ2v) is 6.63. The molecule has 1 atom stereocenters. The third kappa shape index (κ3) is 2.48. The second-order valence-electron chi connectivity index (χ2n) is 5.51. The summed E-state index contributed by atoms with van der Waals surface area (Å²) in [5, 5.41) is 4.82. The first kappa shape index (κ1) is 14.0. The van der Waals surface area contributed by atoms with E-state index in [1.54, 1.807) is 11.3 Å². The lowest BCUT2D eigenvalue weighted by atomic mass is 9.73. The average molecular weight is 290 g/mol. The van der Waals surface area contributed by atoms with Crippen LogP contribution in [0.5, 0.6) is 0 Å². The SMILES string of the molecule is CCNC(Cc1nc2ccccc2s1)C1(OC)CCC1. The Labute approximate surface area is 124 Å². The van der Waals surface area contributed by atoms with E-state index >= 15 is 0 Å². The van der Waals surface area contributed by atoms with Gasteiger partial charge in [0.1, 0.15) is 0 Å². The third-order valence-electron chi connectivity index (χ3n) is 4.41. The zero-order valence-corrected chi connectivity index (χ0v) is 13.0. The van der Waals surface area contributed by atoms with Crippen molar-refractivity contribution in [3.63, 3.8) is 0 Å². The molecule has 1 fully saturated rings. The fourth-order valence-corrected chi connectivity index (χ4v) is 4.11. The maximum absolute atomic E-state index is 5.85. The van der Waals surface area contributed by atoms with Crippen molar-refractivity contribution in [1.82, 2.24) is 10.3 Å². The number of aromatic nitrogens is 1. The lowest BCUT2D eigenvalue weighted by Crippen LogP contribution is -2.57. The summed E-state index contributed by atoms with van der Waals surface area (Å²) in [6.45, 7) is 3.13. The highest BCUT2D eigenvalue weighted by atomic mass is 32.1. The Morgan fingerprint density at radius 2 is 2.20 bits per heavy atom. The molecule has 1 N–H and O–H groups in total. The van der Waals surface area contributed by atoms with E-state index in [4.69, 9.17) is 9.72 Å². The molecule has 3 nitrogen and oxygen atoms in total. The number of para-hydroxylation sites is 1. The van der Waals surface area contributed by atoms with Crippen LogP contribution in [0.25, 0.3) is 10.2 Å². The van der Waals surface area contributed by atoms with Crippen LogP contribution < -0.4 is 5.32 Å². The largest absolute Gasteiger partial charge is 0.377 e. The molecular weight excluding hydrogens is 268 g/mol. The lowest BCUT2D eigenvalue weighted by molar-refractivity contribution is -0.0978. The predicted molar refractivity (Wildman–Crippen MR) is 84.4 cm³/mol. The number of hydrogen-bond acceptors (Lipinski definition) is 4. The monoisotopic (exact) mass is 290 g/mol. The van der Waals surface area contributed by atoms with Crippen LogP contribution in [0.1, 0.15) is 31.2 Å². The van der Waals surface area contributed by atoms with Crippen LogP contribution in [0.4, 0.5) is 0 Å². The molecule has 2 aromatic rings. The number of ether oxygens (including phenoxy) is 1. The predicted octanol–water partition coefficient (Wildman–Crippen LogP) is 3.39. The number of fused-ring (bicyclic) bond motifs is 1. The Morgan fingerprint density at radius 1 is 1.40 bits per heavy atom. The molecule has 1 aliphatic carbocycles. The second kappa shape index (κ2) is 5.80. The Balaban J connectivity index is 1.82. The Hall–Kier alpha value is -0.970. The fraction of sp³-hybridized carbons (Fsp3) is 0.562. The molecule has 0 bridgehead atoms. The topological polar surface area (TPSA) is 34.2 Å². The zero-order chi connectivity index (χ0) is 14.0. The van der Waals surface area contributed by atoms with Crippen molar-refractivity contribution in [2.75, 3.05) is 13.7 Å². The van der Waals surface area contributed by atoms with Gasteiger partial charge in [-0.3, -0.25) is 0 Å². The summed E-state index contributed by atoms with van der Waals surface area (Å²) < 4.78 is 7.12. The summed E-state index contributed by atoms with van der Waals surface area (Å²) in [4.78, 5) is 4.76. The van der Waals surface area contributed by atoms with Gasteiger partial charge in [-0.15, -0.1) is 11.3 Å². The maximum atomic E-state index is 5.85. The van der Waals surface area contributed by atoms with Gasteiger partial charge in [-0.1, -0.05) is 19.1 Å². The lowest BCUT2D eigenvalue weighted by Gasteiger charge is -2.46. The number of likely N-dealkylation sites (N-methyl/N-ethyl adjacent to an activating group) is 1. The van der Waals surface area contributed by atoms with E-state index in [0.29, 0.717) is 6.04 Å². The molecule has 4 heteroatoms. The first-order valence-electron chi connectivity index (χ1n) is 7.40. The molecule has 3 rings (SSSR count). The van der Waals surface area contributed by atoms with Gasteiger partial charge in [-0.2, -0.15) is 0 Å². The van der Waals surface area contributed by atoms with E-state index in [1.165, 1.54) is 16.1 Å². The number of benzene rings is 1. The van der Waals surface area contributed by atoms with Gasteiger partial charge in [0.15, 0.2) is 0 Å². The molecule has 0 spiro atoms. The zero-order valence-electron chi connectivity index (χ0n) is 12.2. The standard InChI is InChI=1S/C16H22N2OS/c1-3-17-14(16(19-2)9-6-10-16)11-15-18-12-7-4-5-8-13(12)20-15/h4-5,7-8,14,17H,3,6,9-11H2,1-2H3. The first-order valence-corrected chi connectivity index (χ1v) is 8.22. The number of nitrogens with zero attached hydrogens (tertiary/aromatic N) is 1. The highest BCUT2D eigenvalue weighted by Gasteiger charge is 2.44. The molecule has 1 heterocycles. The fourth-order valence-electron chi connectivity index (χ4n) is 3.09. The summed E-state index contributed by atoms with van der Waals surface area (Å²) in [7, 11) is 1.85. The van der Waals surface area contributed by atoms with Crippen LogP contribution in [-0.2, 0) is 11.2 Å². The highest BCUT2D eigenvalue weighted by Crippen LogP contribution is 2.39. The molecule has 0 aliphatic heterocycles. The summed E-state index contributed by atoms with van der Waals surface area (Å²) in [6, 6.07) is 8.73. The molecule has 0 saturated heterocycles. The van der Waals surface area contributed by atoms with Crippen LogP contribution >= 0.6 is 11.3 Å². The van der Waals surface area contributed by atoms with Crippen molar-refractivity contribution in [2.24, 2.45) is 0 Å². The molecule has 1 saturated carbocycles. The number of nitrogens with one attached hydrogen (secondary N) is 1. The molecule has 0 amide bonds. The van der Waals surface area contributed by atoms with Crippen molar-refractivity contribution in [1.29, 1.82) is 0 Å². The van der Waals surface area contributed by atoms with Gasteiger partial charge in [0.05, 0.1) is 20.8 Å². The van der Waals surface area contributed by atoms with Crippen molar-refractivity contribution in [3.8, 4) is 0 Å². The summed E-state index contributed by atoms with van der Waals surface area (Å²) >= 11 is 1.81. The number of thiazole rings is 1. The maximum Gasteiger partial charge on any atom is 0.0955 e. The molecule has 1 aromatic carbocycles. The smallest absolute Gasteiger partial charge is 0.0955 e. The molecule has 0 radical (unpaired) electrons. The molecule has 1 aromatic heterocycles. The summed E-state index contributed by atoms with van der Waals surface area (Å²) in [5.41, 5.74) is 1.14. The van der Waals surface area contributed by atoms with Crippen LogP contribution in [0.3, 0.4) is 0 Å². The molecule has 1 unspecified atom stereocenters. The van der Waals surface area contributed by atoms with Gasteiger partial charge in [-0.05, 0) is 37.9 Å². The van der Waals surface area contributed by atoms with Gasteiger partial charge in [0.2, 0.25) is 0 Å². The van der Waals surface area contributed by atoms with Crippen molar-refractivity contribution in [2.45, 2.75) is 44.2 Å². The van der Waals surface area contributed by atoms with Crippen LogP contribution in [0.15, 0.2) is 24.3 Å². The van der Waals surface area contributed by atoms with Crippen molar-refractivity contribution >= 4 is 21.6 Å². The van der Waals surface area contributed by atoms with E-state index in [-0.39, 0.29) is 5.60 Å². The normalized spacial score (nSPS) is 18.9. The Kier molecular flexibility index (Phi) is 4.06. The molecular formula is C16H22N2OS. The van der Waals surface area contributed by atoms with E-state index in [0.717, 1.165) is 31.3 Å². The van der Waals surface area contributed by atoms with Gasteiger partial charge >= 0.3 is 0 Å². The minimum Gasteiger partial charge on any atom is -0.377 e. The van der Waals surface area contributed by atoms with Crippen LogP contribution in [0.2, 0.25) is 0 Å². The van der Waals surface area contributed by atoms with Gasteiger partial charge in [0, 0.05) is 19.6 Å². The van der Waals surface area contributed by atoms with Crippen LogP contribution in [-0.4, -0.2) is 30.3 Å². The van der Waals surface area contributed by atoms with Crippen molar-refractivity contribution < 1.29 is 4.74 Å². The quantitative estimate of drug-likeness (QED) is 0.885. The Morgan fingerprint density at radius 3 is 2.80 bits per heavy atom. The minimum absolute atomic E-state index is 0.0217. The van der Waals surface area contributed by atoms with Crippen LogP contribution in [0, 0.1) is 0 Å². The van der Waals surface area contributed by atoms with E-state index in [1.807, 2.05) is 7.11 Å². The molecule has 108 valence electrons. The number of rotatable bonds is 6. The average Bonchev–Trinajstić information content (AvgIpc) is 2.80. The number of methoxy groups -OCH3 is 1. The van der Waals surface area contributed by atoms with Gasteiger partial charge in [-0.25, -0.2) is 4.98 Å². The highest BCUT2D eigenvalue weighted by molar-refractivity contribution is 7.18. The van der Waals surface area contributed by atoms with Gasteiger partial charge < -0.3 is 10.1 Å². The first-order chi connectivity index (χ1) is 9.77. The van der Waals surface area contributed by atoms with Gasteiger partial charge in [0.25, 0.3) is 0 Å². The molecule has 20 heavy (non-hydrogen) atoms. The molecule has 1 aliphatic rings. The van der Waals surface area contributed by atoms with E-state index in [2.05, 4.69) is 36.5 Å². The van der Waals surface area contributed by atoms with E-state index in [9.17, 15) is 0 Å².